The maximum absolute atomic E-state index is 13.4. The first-order valence-corrected chi connectivity index (χ1v) is 7.16. The Morgan fingerprint density at radius 1 is 1.05 bits per heavy atom. The van der Waals surface area contributed by atoms with Crippen molar-refractivity contribution in [3.63, 3.8) is 0 Å². The third-order valence-electron chi connectivity index (χ3n) is 2.85. The topological polar surface area (TPSA) is 41.1 Å². The lowest BCUT2D eigenvalue weighted by Gasteiger charge is -2.10. The lowest BCUT2D eigenvalue weighted by atomic mass is 10.2. The molecule has 0 atom stereocenters. The Morgan fingerprint density at radius 2 is 1.68 bits per heavy atom. The number of halogens is 4. The van der Waals surface area contributed by atoms with Gasteiger partial charge < -0.3 is 10.6 Å². The molecule has 2 rings (SSSR count). The molecule has 2 N–H and O–H groups in total. The number of para-hydroxylation sites is 1. The van der Waals surface area contributed by atoms with Crippen LogP contribution < -0.4 is 10.6 Å². The highest BCUT2D eigenvalue weighted by Crippen LogP contribution is 2.29. The Kier molecular flexibility index (Phi) is 5.57. The monoisotopic (exact) mass is 344 g/mol. The van der Waals surface area contributed by atoms with Crippen LogP contribution in [-0.2, 0) is 4.79 Å². The second kappa shape index (κ2) is 7.42. The average molecular weight is 345 g/mol. The van der Waals surface area contributed by atoms with Crippen LogP contribution in [0.4, 0.5) is 20.2 Å². The summed E-state index contributed by atoms with van der Waals surface area (Å²) >= 11 is 11.8. The molecule has 0 saturated heterocycles. The summed E-state index contributed by atoms with van der Waals surface area (Å²) in [6.45, 7) is 0.238. The Bertz CT molecular complexity index is 675. The van der Waals surface area contributed by atoms with Crippen LogP contribution in [0.2, 0.25) is 10.0 Å². The lowest BCUT2D eigenvalue weighted by molar-refractivity contribution is -0.116. The van der Waals surface area contributed by atoms with Gasteiger partial charge in [-0.1, -0.05) is 35.3 Å². The summed E-state index contributed by atoms with van der Waals surface area (Å²) in [7, 11) is 0. The van der Waals surface area contributed by atoms with E-state index in [9.17, 15) is 13.6 Å². The number of carbonyl (C=O) groups is 1. The van der Waals surface area contributed by atoms with E-state index in [0.717, 1.165) is 12.1 Å². The van der Waals surface area contributed by atoms with E-state index in [1.165, 1.54) is 6.07 Å². The molecule has 0 fully saturated rings. The summed E-state index contributed by atoms with van der Waals surface area (Å²) in [6, 6.07) is 8.44. The van der Waals surface area contributed by atoms with E-state index in [2.05, 4.69) is 10.6 Å². The van der Waals surface area contributed by atoms with E-state index in [4.69, 9.17) is 23.2 Å². The highest BCUT2D eigenvalue weighted by molar-refractivity contribution is 6.43. The molecule has 0 aliphatic heterocycles. The fourth-order valence-electron chi connectivity index (χ4n) is 1.77. The van der Waals surface area contributed by atoms with Crippen molar-refractivity contribution in [3.8, 4) is 0 Å². The van der Waals surface area contributed by atoms with E-state index in [0.29, 0.717) is 15.7 Å². The van der Waals surface area contributed by atoms with E-state index >= 15 is 0 Å². The van der Waals surface area contributed by atoms with Crippen LogP contribution in [0.25, 0.3) is 0 Å². The quantitative estimate of drug-likeness (QED) is 0.824. The number of carbonyl (C=O) groups excluding carboxylic acids is 1. The molecular formula is C15H12Cl2F2N2O. The molecule has 0 spiro atoms. The SMILES string of the molecule is O=C(CCNc1cccc(Cl)c1Cl)Nc1c(F)cccc1F. The molecule has 0 unspecified atom stereocenters. The molecule has 0 heterocycles. The molecule has 2 aromatic rings. The highest BCUT2D eigenvalue weighted by Gasteiger charge is 2.12. The third-order valence-corrected chi connectivity index (χ3v) is 3.67. The zero-order valence-electron chi connectivity index (χ0n) is 11.3. The second-order valence-corrected chi connectivity index (χ2v) is 5.21. The maximum atomic E-state index is 13.4. The standard InChI is InChI=1S/C15H12Cl2F2N2O/c16-9-3-1-6-12(14(9)17)20-8-7-13(22)21-15-10(18)4-2-5-11(15)19/h1-6,20H,7-8H2,(H,21,22). The van der Waals surface area contributed by atoms with Crippen molar-refractivity contribution < 1.29 is 13.6 Å². The first-order chi connectivity index (χ1) is 10.5. The molecule has 0 saturated carbocycles. The molecule has 0 radical (unpaired) electrons. The number of amides is 1. The van der Waals surface area contributed by atoms with E-state index in [-0.39, 0.29) is 13.0 Å². The molecule has 0 aromatic heterocycles. The first-order valence-electron chi connectivity index (χ1n) is 6.41. The van der Waals surface area contributed by atoms with Gasteiger partial charge in [-0.2, -0.15) is 0 Å². The summed E-state index contributed by atoms with van der Waals surface area (Å²) in [5, 5.41) is 5.88. The first kappa shape index (κ1) is 16.5. The van der Waals surface area contributed by atoms with Crippen LogP contribution in [0.1, 0.15) is 6.42 Å². The van der Waals surface area contributed by atoms with E-state index in [1.54, 1.807) is 18.2 Å². The van der Waals surface area contributed by atoms with Crippen molar-refractivity contribution in [3.05, 3.63) is 58.1 Å². The Labute approximate surface area is 136 Å². The fourth-order valence-corrected chi connectivity index (χ4v) is 2.14. The molecule has 3 nitrogen and oxygen atoms in total. The molecule has 0 aliphatic carbocycles. The predicted octanol–water partition coefficient (Wildman–Crippen LogP) is 4.71. The van der Waals surface area contributed by atoms with Gasteiger partial charge >= 0.3 is 0 Å². The van der Waals surface area contributed by atoms with Gasteiger partial charge in [-0.15, -0.1) is 0 Å². The molecule has 116 valence electrons. The average Bonchev–Trinajstić information content (AvgIpc) is 2.47. The Hall–Kier alpha value is -1.85. The molecule has 0 aliphatic rings. The highest BCUT2D eigenvalue weighted by atomic mass is 35.5. The number of hydrogen-bond donors (Lipinski definition) is 2. The molecular weight excluding hydrogens is 333 g/mol. The van der Waals surface area contributed by atoms with Crippen molar-refractivity contribution in [1.29, 1.82) is 0 Å². The molecule has 2 aromatic carbocycles. The van der Waals surface area contributed by atoms with Gasteiger partial charge in [0, 0.05) is 13.0 Å². The minimum absolute atomic E-state index is 0.0105. The zero-order valence-corrected chi connectivity index (χ0v) is 12.8. The molecule has 22 heavy (non-hydrogen) atoms. The van der Waals surface area contributed by atoms with Crippen molar-refractivity contribution in [2.75, 3.05) is 17.2 Å². The van der Waals surface area contributed by atoms with Gasteiger partial charge in [-0.25, -0.2) is 8.78 Å². The molecule has 1 amide bonds. The minimum atomic E-state index is -0.820. The number of hydrogen-bond acceptors (Lipinski definition) is 2. The zero-order chi connectivity index (χ0) is 16.1. The van der Waals surface area contributed by atoms with Gasteiger partial charge in [0.25, 0.3) is 0 Å². The van der Waals surface area contributed by atoms with Crippen LogP contribution >= 0.6 is 23.2 Å². The van der Waals surface area contributed by atoms with Gasteiger partial charge in [-0.3, -0.25) is 4.79 Å². The van der Waals surface area contributed by atoms with Crippen LogP contribution in [0.3, 0.4) is 0 Å². The summed E-state index contributed by atoms with van der Waals surface area (Å²) in [6.07, 6.45) is 0.0105. The smallest absolute Gasteiger partial charge is 0.226 e. The van der Waals surface area contributed by atoms with Crippen LogP contribution in [0.15, 0.2) is 36.4 Å². The van der Waals surface area contributed by atoms with E-state index in [1.807, 2.05) is 0 Å². The third kappa shape index (κ3) is 4.08. The van der Waals surface area contributed by atoms with Crippen LogP contribution in [0.5, 0.6) is 0 Å². The number of benzene rings is 2. The van der Waals surface area contributed by atoms with Gasteiger partial charge in [0.15, 0.2) is 0 Å². The summed E-state index contributed by atoms with van der Waals surface area (Å²) in [5.41, 5.74) is 0.132. The molecule has 0 bridgehead atoms. The number of anilines is 2. The van der Waals surface area contributed by atoms with Gasteiger partial charge in [0.2, 0.25) is 5.91 Å². The Balaban J connectivity index is 1.90. The molecule has 7 heteroatoms. The van der Waals surface area contributed by atoms with Crippen LogP contribution in [-0.4, -0.2) is 12.5 Å². The number of nitrogens with one attached hydrogen (secondary N) is 2. The fraction of sp³-hybridized carbons (Fsp3) is 0.133. The Morgan fingerprint density at radius 3 is 2.36 bits per heavy atom. The van der Waals surface area contributed by atoms with Crippen molar-refractivity contribution in [1.82, 2.24) is 0 Å². The predicted molar refractivity (Wildman–Crippen MR) is 84.6 cm³/mol. The van der Waals surface area contributed by atoms with Gasteiger partial charge in [-0.05, 0) is 24.3 Å². The maximum Gasteiger partial charge on any atom is 0.226 e. The van der Waals surface area contributed by atoms with Crippen molar-refractivity contribution in [2.45, 2.75) is 6.42 Å². The van der Waals surface area contributed by atoms with Crippen LogP contribution in [0, 0.1) is 11.6 Å². The number of rotatable bonds is 5. The lowest BCUT2D eigenvalue weighted by Crippen LogP contribution is -2.18. The van der Waals surface area contributed by atoms with Crippen molar-refractivity contribution in [2.24, 2.45) is 0 Å². The summed E-state index contributed by atoms with van der Waals surface area (Å²) in [5.74, 6) is -2.16. The second-order valence-electron chi connectivity index (χ2n) is 4.42. The van der Waals surface area contributed by atoms with Gasteiger partial charge in [0.05, 0.1) is 15.7 Å². The van der Waals surface area contributed by atoms with E-state index < -0.39 is 23.2 Å². The minimum Gasteiger partial charge on any atom is -0.383 e. The largest absolute Gasteiger partial charge is 0.383 e. The van der Waals surface area contributed by atoms with Gasteiger partial charge in [0.1, 0.15) is 17.3 Å². The summed E-state index contributed by atoms with van der Waals surface area (Å²) < 4.78 is 26.8. The normalized spacial score (nSPS) is 10.4. The van der Waals surface area contributed by atoms with Crippen molar-refractivity contribution >= 4 is 40.5 Å². The summed E-state index contributed by atoms with van der Waals surface area (Å²) in [4.78, 5) is 11.7.